The molecule has 1 aliphatic heterocycles. The molecule has 1 atom stereocenters. The van der Waals surface area contributed by atoms with Gasteiger partial charge in [0.1, 0.15) is 11.1 Å². The van der Waals surface area contributed by atoms with E-state index in [0.717, 1.165) is 35.1 Å². The van der Waals surface area contributed by atoms with Gasteiger partial charge >= 0.3 is 0 Å². The minimum atomic E-state index is -0.266. The molecule has 0 saturated heterocycles. The molecule has 0 unspecified atom stereocenters. The van der Waals surface area contributed by atoms with Gasteiger partial charge in [0.2, 0.25) is 5.91 Å². The van der Waals surface area contributed by atoms with Crippen molar-refractivity contribution >= 4 is 23.4 Å². The number of anilines is 1. The Hall–Kier alpha value is -1.85. The van der Waals surface area contributed by atoms with Gasteiger partial charge < -0.3 is 4.90 Å². The predicted octanol–water partition coefficient (Wildman–Crippen LogP) is 3.21. The lowest BCUT2D eigenvalue weighted by Gasteiger charge is -2.34. The number of benzene rings is 1. The van der Waals surface area contributed by atoms with E-state index < -0.39 is 0 Å². The van der Waals surface area contributed by atoms with Gasteiger partial charge in [0, 0.05) is 18.5 Å². The third-order valence-electron chi connectivity index (χ3n) is 4.15. The van der Waals surface area contributed by atoms with E-state index in [9.17, 15) is 4.79 Å². The normalized spacial score (nSPS) is 15.3. The van der Waals surface area contributed by atoms with Gasteiger partial charge in [-0.15, -0.1) is 11.8 Å². The van der Waals surface area contributed by atoms with E-state index in [1.165, 1.54) is 0 Å². The number of carbonyl (C=O) groups is 1. The van der Waals surface area contributed by atoms with Crippen LogP contribution in [0.3, 0.4) is 0 Å². The number of hydrogen-bond acceptors (Lipinski definition) is 4. The zero-order valence-corrected chi connectivity index (χ0v) is 14.3. The van der Waals surface area contributed by atoms with Gasteiger partial charge in [-0.1, -0.05) is 37.3 Å². The fraction of sp³-hybridized carbons (Fsp3) is 0.333. The van der Waals surface area contributed by atoms with Crippen molar-refractivity contribution in [2.75, 3.05) is 30.8 Å². The van der Waals surface area contributed by atoms with Gasteiger partial charge in [-0.2, -0.15) is 0 Å². The summed E-state index contributed by atoms with van der Waals surface area (Å²) in [5.74, 6) is 1.00. The quantitative estimate of drug-likeness (QED) is 0.864. The first-order valence-electron chi connectivity index (χ1n) is 7.86. The van der Waals surface area contributed by atoms with Crippen LogP contribution in [0.5, 0.6) is 0 Å². The number of thioether (sulfide) groups is 1. The number of aromatic nitrogens is 1. The van der Waals surface area contributed by atoms with Gasteiger partial charge in [0.05, 0.1) is 5.69 Å². The van der Waals surface area contributed by atoms with Crippen molar-refractivity contribution in [3.8, 4) is 0 Å². The fourth-order valence-electron chi connectivity index (χ4n) is 2.83. The topological polar surface area (TPSA) is 36.4 Å². The number of pyridine rings is 1. The van der Waals surface area contributed by atoms with Crippen LogP contribution in [0.1, 0.15) is 18.5 Å². The molecule has 4 nitrogen and oxygen atoms in total. The molecule has 0 bridgehead atoms. The maximum absolute atomic E-state index is 13.3. The van der Waals surface area contributed by atoms with E-state index in [1.54, 1.807) is 18.0 Å². The largest absolute Gasteiger partial charge is 0.307 e. The second-order valence-corrected chi connectivity index (χ2v) is 6.64. The summed E-state index contributed by atoms with van der Waals surface area (Å²) >= 11 is 1.71. The molecule has 3 rings (SSSR count). The minimum absolute atomic E-state index is 0.120. The molecule has 1 amide bonds. The Morgan fingerprint density at radius 3 is 2.83 bits per heavy atom. The fourth-order valence-corrected chi connectivity index (χ4v) is 3.76. The minimum Gasteiger partial charge on any atom is -0.307 e. The lowest BCUT2D eigenvalue weighted by molar-refractivity contribution is -0.123. The van der Waals surface area contributed by atoms with Crippen LogP contribution < -0.4 is 4.90 Å². The average molecular weight is 327 g/mol. The Labute approximate surface area is 141 Å². The number of nitrogens with zero attached hydrogens (tertiary/aromatic N) is 3. The van der Waals surface area contributed by atoms with Gasteiger partial charge in [-0.3, -0.25) is 9.69 Å². The molecule has 0 N–H and O–H groups in total. The summed E-state index contributed by atoms with van der Waals surface area (Å²) < 4.78 is 0. The molecule has 120 valence electrons. The van der Waals surface area contributed by atoms with E-state index in [0.29, 0.717) is 0 Å². The number of rotatable bonds is 4. The SMILES string of the molecule is CCN(C)[C@@H](C(=O)N1CCSc2ncccc21)c1ccccc1. The molecule has 23 heavy (non-hydrogen) atoms. The van der Waals surface area contributed by atoms with Crippen LogP contribution in [-0.4, -0.2) is 41.7 Å². The van der Waals surface area contributed by atoms with E-state index >= 15 is 0 Å². The highest BCUT2D eigenvalue weighted by Crippen LogP contribution is 2.35. The molecule has 0 fully saturated rings. The van der Waals surface area contributed by atoms with Crippen LogP contribution in [0.15, 0.2) is 53.7 Å². The number of likely N-dealkylation sites (N-methyl/N-ethyl adjacent to an activating group) is 1. The summed E-state index contributed by atoms with van der Waals surface area (Å²) in [7, 11) is 2.00. The molecule has 0 radical (unpaired) electrons. The van der Waals surface area contributed by atoms with Gasteiger partial charge in [0.25, 0.3) is 0 Å². The van der Waals surface area contributed by atoms with E-state index in [2.05, 4.69) is 16.8 Å². The number of hydrogen-bond donors (Lipinski definition) is 0. The third kappa shape index (κ3) is 3.26. The smallest absolute Gasteiger partial charge is 0.249 e. The highest BCUT2D eigenvalue weighted by molar-refractivity contribution is 7.99. The number of carbonyl (C=O) groups excluding carboxylic acids is 1. The van der Waals surface area contributed by atoms with Crippen LogP contribution in [0.25, 0.3) is 0 Å². The van der Waals surface area contributed by atoms with Crippen molar-refractivity contribution in [2.24, 2.45) is 0 Å². The zero-order chi connectivity index (χ0) is 16.2. The summed E-state index contributed by atoms with van der Waals surface area (Å²) in [6.45, 7) is 3.61. The Bertz CT molecular complexity index is 677. The Morgan fingerprint density at radius 1 is 1.30 bits per heavy atom. The molecule has 5 heteroatoms. The Morgan fingerprint density at radius 2 is 2.09 bits per heavy atom. The Kier molecular flexibility index (Phi) is 4.98. The van der Waals surface area contributed by atoms with Gasteiger partial charge in [0.15, 0.2) is 0 Å². The summed E-state index contributed by atoms with van der Waals surface area (Å²) in [6, 6.07) is 13.6. The monoisotopic (exact) mass is 327 g/mol. The molecule has 1 aromatic heterocycles. The van der Waals surface area contributed by atoms with Crippen molar-refractivity contribution in [2.45, 2.75) is 18.0 Å². The van der Waals surface area contributed by atoms with Crippen molar-refractivity contribution in [1.29, 1.82) is 0 Å². The predicted molar refractivity (Wildman–Crippen MR) is 94.8 cm³/mol. The molecule has 1 aromatic carbocycles. The summed E-state index contributed by atoms with van der Waals surface area (Å²) in [4.78, 5) is 21.7. The highest BCUT2D eigenvalue weighted by atomic mass is 32.2. The van der Waals surface area contributed by atoms with Crippen molar-refractivity contribution in [1.82, 2.24) is 9.88 Å². The summed E-state index contributed by atoms with van der Waals surface area (Å²) in [6.07, 6.45) is 1.78. The maximum Gasteiger partial charge on any atom is 0.249 e. The average Bonchev–Trinajstić information content (AvgIpc) is 2.62. The first kappa shape index (κ1) is 16.0. The second kappa shape index (κ2) is 7.15. The molecular formula is C18H21N3OS. The maximum atomic E-state index is 13.3. The molecular weight excluding hydrogens is 306 g/mol. The van der Waals surface area contributed by atoms with Gasteiger partial charge in [-0.05, 0) is 31.3 Å². The first-order chi connectivity index (χ1) is 11.2. The van der Waals surface area contributed by atoms with Crippen molar-refractivity contribution < 1.29 is 4.79 Å². The first-order valence-corrected chi connectivity index (χ1v) is 8.85. The van der Waals surface area contributed by atoms with Crippen LogP contribution in [0, 0.1) is 0 Å². The van der Waals surface area contributed by atoms with Crippen LogP contribution in [0.4, 0.5) is 5.69 Å². The lowest BCUT2D eigenvalue weighted by Crippen LogP contribution is -2.44. The van der Waals surface area contributed by atoms with E-state index in [1.807, 2.05) is 54.4 Å². The van der Waals surface area contributed by atoms with Crippen LogP contribution >= 0.6 is 11.8 Å². The summed E-state index contributed by atoms with van der Waals surface area (Å²) in [5, 5.41) is 0.943. The molecule has 0 spiro atoms. The Balaban J connectivity index is 1.96. The molecule has 2 heterocycles. The number of amides is 1. The van der Waals surface area contributed by atoms with Crippen molar-refractivity contribution in [3.63, 3.8) is 0 Å². The zero-order valence-electron chi connectivity index (χ0n) is 13.5. The van der Waals surface area contributed by atoms with Gasteiger partial charge in [-0.25, -0.2) is 4.98 Å². The second-order valence-electron chi connectivity index (χ2n) is 5.55. The molecule has 2 aromatic rings. The van der Waals surface area contributed by atoms with Crippen molar-refractivity contribution in [3.05, 3.63) is 54.2 Å². The van der Waals surface area contributed by atoms with E-state index in [-0.39, 0.29) is 11.9 Å². The number of fused-ring (bicyclic) bond motifs is 1. The third-order valence-corrected chi connectivity index (χ3v) is 5.13. The van der Waals surface area contributed by atoms with Crippen LogP contribution in [-0.2, 0) is 4.79 Å². The highest BCUT2D eigenvalue weighted by Gasteiger charge is 2.32. The van der Waals surface area contributed by atoms with Crippen LogP contribution in [0.2, 0.25) is 0 Å². The standard InChI is InChI=1S/C18H21N3OS/c1-3-20(2)16(14-8-5-4-6-9-14)18(22)21-12-13-23-17-15(21)10-7-11-19-17/h4-11,16H,3,12-13H2,1-2H3/t16-/m1/s1. The molecule has 0 aliphatic carbocycles. The summed E-state index contributed by atoms with van der Waals surface area (Å²) in [5.41, 5.74) is 1.96. The van der Waals surface area contributed by atoms with E-state index in [4.69, 9.17) is 0 Å². The lowest BCUT2D eigenvalue weighted by atomic mass is 10.0. The molecule has 0 saturated carbocycles. The molecule has 1 aliphatic rings.